The van der Waals surface area contributed by atoms with Gasteiger partial charge in [-0.05, 0) is 31.0 Å². The molecule has 1 fully saturated rings. The highest BCUT2D eigenvalue weighted by molar-refractivity contribution is 6.34. The van der Waals surface area contributed by atoms with E-state index in [1.165, 1.54) is 0 Å². The molecule has 1 heterocycles. The third-order valence-corrected chi connectivity index (χ3v) is 5.06. The molecule has 1 aromatic rings. The maximum absolute atomic E-state index is 12.9. The number of nitrogens with one attached hydrogen (secondary N) is 2. The molecule has 5 nitrogen and oxygen atoms in total. The van der Waals surface area contributed by atoms with E-state index in [4.69, 9.17) is 23.2 Å². The molecule has 2 aliphatic rings. The van der Waals surface area contributed by atoms with Crippen LogP contribution in [0.2, 0.25) is 5.02 Å². The molecule has 2 N–H and O–H groups in total. The Bertz CT molecular complexity index is 768. The summed E-state index contributed by atoms with van der Waals surface area (Å²) in [6.45, 7) is 3.69. The van der Waals surface area contributed by atoms with Gasteiger partial charge in [0.15, 0.2) is 5.78 Å². The Balaban J connectivity index is 1.78. The molecular weight excluding hydrogens is 373 g/mol. The van der Waals surface area contributed by atoms with Crippen LogP contribution in [0.25, 0.3) is 0 Å². The van der Waals surface area contributed by atoms with Gasteiger partial charge in [0, 0.05) is 47.4 Å². The van der Waals surface area contributed by atoms with Crippen LogP contribution in [0.15, 0.2) is 41.0 Å². The van der Waals surface area contributed by atoms with Crippen molar-refractivity contribution in [3.63, 3.8) is 0 Å². The molecule has 0 bridgehead atoms. The molecule has 0 aromatic heterocycles. The summed E-state index contributed by atoms with van der Waals surface area (Å²) in [5.41, 5.74) is 1.26. The molecule has 7 heteroatoms. The Labute approximate surface area is 163 Å². The SMILES string of the molecule is O=C(CN1CCNCC1)Nc1ccc(Cl)cc1C(=O)C1=C(Cl)CCC=C1. The second-order valence-electron chi connectivity index (χ2n) is 6.35. The number of rotatable bonds is 5. The second-order valence-corrected chi connectivity index (χ2v) is 7.25. The summed E-state index contributed by atoms with van der Waals surface area (Å²) in [6, 6.07) is 4.89. The van der Waals surface area contributed by atoms with Gasteiger partial charge in [-0.25, -0.2) is 0 Å². The van der Waals surface area contributed by atoms with Crippen LogP contribution >= 0.6 is 23.2 Å². The maximum atomic E-state index is 12.9. The Morgan fingerprint density at radius 2 is 1.96 bits per heavy atom. The van der Waals surface area contributed by atoms with Crippen molar-refractivity contribution < 1.29 is 9.59 Å². The quantitative estimate of drug-likeness (QED) is 0.753. The van der Waals surface area contributed by atoms with Gasteiger partial charge in [0.25, 0.3) is 0 Å². The van der Waals surface area contributed by atoms with Gasteiger partial charge in [0.1, 0.15) is 0 Å². The molecule has 1 aliphatic heterocycles. The predicted octanol–water partition coefficient (Wildman–Crippen LogP) is 3.21. The van der Waals surface area contributed by atoms with E-state index in [1.54, 1.807) is 24.3 Å². The summed E-state index contributed by atoms with van der Waals surface area (Å²) in [4.78, 5) is 27.4. The number of benzene rings is 1. The number of carbonyl (C=O) groups is 2. The van der Waals surface area contributed by atoms with Crippen molar-refractivity contribution in [2.45, 2.75) is 12.8 Å². The Kier molecular flexibility index (Phi) is 6.48. The van der Waals surface area contributed by atoms with Crippen LogP contribution in [0, 0.1) is 0 Å². The van der Waals surface area contributed by atoms with E-state index in [9.17, 15) is 9.59 Å². The molecule has 0 atom stereocenters. The molecule has 26 heavy (non-hydrogen) atoms. The number of hydrogen-bond donors (Lipinski definition) is 2. The molecule has 3 rings (SSSR count). The first kappa shape index (κ1) is 19.1. The number of anilines is 1. The van der Waals surface area contributed by atoms with E-state index in [1.807, 2.05) is 6.08 Å². The lowest BCUT2D eigenvalue weighted by atomic mass is 9.97. The third kappa shape index (κ3) is 4.74. The largest absolute Gasteiger partial charge is 0.324 e. The molecule has 138 valence electrons. The molecule has 1 amide bonds. The van der Waals surface area contributed by atoms with Crippen LogP contribution in [-0.2, 0) is 4.79 Å². The van der Waals surface area contributed by atoms with E-state index >= 15 is 0 Å². The first-order chi connectivity index (χ1) is 12.5. The Hall–Kier alpha value is -1.66. The summed E-state index contributed by atoms with van der Waals surface area (Å²) >= 11 is 12.3. The molecule has 0 spiro atoms. The number of halogens is 2. The van der Waals surface area contributed by atoms with Crippen LogP contribution in [0.5, 0.6) is 0 Å². The van der Waals surface area contributed by atoms with Crippen LogP contribution < -0.4 is 10.6 Å². The van der Waals surface area contributed by atoms with Gasteiger partial charge < -0.3 is 10.6 Å². The number of amides is 1. The van der Waals surface area contributed by atoms with E-state index < -0.39 is 0 Å². The molecule has 1 saturated heterocycles. The van der Waals surface area contributed by atoms with Crippen molar-refractivity contribution in [1.82, 2.24) is 10.2 Å². The summed E-state index contributed by atoms with van der Waals surface area (Å²) in [5.74, 6) is -0.381. The molecule has 0 saturated carbocycles. The Morgan fingerprint density at radius 3 is 2.69 bits per heavy atom. The highest BCUT2D eigenvalue weighted by Crippen LogP contribution is 2.29. The van der Waals surface area contributed by atoms with Crippen LogP contribution in [0.1, 0.15) is 23.2 Å². The highest BCUT2D eigenvalue weighted by atomic mass is 35.5. The highest BCUT2D eigenvalue weighted by Gasteiger charge is 2.21. The van der Waals surface area contributed by atoms with Gasteiger partial charge in [0.2, 0.25) is 5.91 Å². The van der Waals surface area contributed by atoms with Crippen molar-refractivity contribution in [2.75, 3.05) is 38.0 Å². The summed E-state index contributed by atoms with van der Waals surface area (Å²) < 4.78 is 0. The van der Waals surface area contributed by atoms with Gasteiger partial charge >= 0.3 is 0 Å². The van der Waals surface area contributed by atoms with Gasteiger partial charge in [-0.2, -0.15) is 0 Å². The number of carbonyl (C=O) groups excluding carboxylic acids is 2. The van der Waals surface area contributed by atoms with Crippen LogP contribution in [-0.4, -0.2) is 49.3 Å². The van der Waals surface area contributed by atoms with Gasteiger partial charge in [-0.3, -0.25) is 14.5 Å². The van der Waals surface area contributed by atoms with Crippen molar-refractivity contribution in [1.29, 1.82) is 0 Å². The molecule has 1 aliphatic carbocycles. The zero-order valence-corrected chi connectivity index (χ0v) is 15.9. The minimum absolute atomic E-state index is 0.150. The Morgan fingerprint density at radius 1 is 1.19 bits per heavy atom. The van der Waals surface area contributed by atoms with Crippen molar-refractivity contribution in [3.8, 4) is 0 Å². The smallest absolute Gasteiger partial charge is 0.238 e. The maximum Gasteiger partial charge on any atom is 0.238 e. The summed E-state index contributed by atoms with van der Waals surface area (Å²) in [5, 5.41) is 7.07. The van der Waals surface area contributed by atoms with Crippen LogP contribution in [0.3, 0.4) is 0 Å². The topological polar surface area (TPSA) is 61.4 Å². The van der Waals surface area contributed by atoms with E-state index in [-0.39, 0.29) is 11.7 Å². The number of Topliss-reactive ketones (excluding diaryl/α,β-unsaturated/α-hetero) is 1. The van der Waals surface area contributed by atoms with Crippen LogP contribution in [0.4, 0.5) is 5.69 Å². The molecule has 0 radical (unpaired) electrons. The second kappa shape index (κ2) is 8.82. The van der Waals surface area contributed by atoms with Gasteiger partial charge in [0.05, 0.1) is 12.2 Å². The lowest BCUT2D eigenvalue weighted by Gasteiger charge is -2.26. The summed E-state index contributed by atoms with van der Waals surface area (Å²) in [6.07, 6.45) is 5.12. The van der Waals surface area contributed by atoms with Gasteiger partial charge in [-0.15, -0.1) is 0 Å². The number of allylic oxidation sites excluding steroid dienone is 4. The lowest BCUT2D eigenvalue weighted by Crippen LogP contribution is -2.46. The average molecular weight is 394 g/mol. The fourth-order valence-electron chi connectivity index (χ4n) is 3.06. The number of piperazine rings is 1. The van der Waals surface area contributed by atoms with E-state index in [0.29, 0.717) is 39.8 Å². The minimum Gasteiger partial charge on any atom is -0.324 e. The number of ketones is 1. The average Bonchev–Trinajstić information content (AvgIpc) is 2.64. The lowest BCUT2D eigenvalue weighted by molar-refractivity contribution is -0.117. The normalized spacial score (nSPS) is 18.1. The third-order valence-electron chi connectivity index (χ3n) is 4.43. The first-order valence-electron chi connectivity index (χ1n) is 8.67. The standard InChI is InChI=1S/C19H21Cl2N3O2/c20-13-5-6-17(23-18(25)12-24-9-7-22-8-10-24)15(11-13)19(26)14-3-1-2-4-16(14)21/h1,3,5-6,11,22H,2,4,7-10,12H2,(H,23,25). The van der Waals surface area contributed by atoms with Crippen molar-refractivity contribution >= 4 is 40.6 Å². The monoisotopic (exact) mass is 393 g/mol. The van der Waals surface area contributed by atoms with E-state index in [0.717, 1.165) is 32.6 Å². The zero-order chi connectivity index (χ0) is 18.5. The summed E-state index contributed by atoms with van der Waals surface area (Å²) in [7, 11) is 0. The number of nitrogens with zero attached hydrogens (tertiary/aromatic N) is 1. The molecule has 0 unspecified atom stereocenters. The minimum atomic E-state index is -0.231. The molecule has 1 aromatic carbocycles. The van der Waals surface area contributed by atoms with E-state index in [2.05, 4.69) is 15.5 Å². The fourth-order valence-corrected chi connectivity index (χ4v) is 3.49. The zero-order valence-electron chi connectivity index (χ0n) is 14.4. The first-order valence-corrected chi connectivity index (χ1v) is 9.42. The van der Waals surface area contributed by atoms with Crippen molar-refractivity contribution in [3.05, 3.63) is 51.5 Å². The molecular formula is C19H21Cl2N3O2. The number of hydrogen-bond acceptors (Lipinski definition) is 4. The van der Waals surface area contributed by atoms with Gasteiger partial charge in [-0.1, -0.05) is 35.4 Å². The predicted molar refractivity (Wildman–Crippen MR) is 105 cm³/mol. The fraction of sp³-hybridized carbons (Fsp3) is 0.368. The van der Waals surface area contributed by atoms with Crippen molar-refractivity contribution in [2.24, 2.45) is 0 Å².